The Kier molecular flexibility index (Phi) is 5.66. The largest absolute Gasteiger partial charge is 0.493 e. The Morgan fingerprint density at radius 3 is 2.90 bits per heavy atom. The molecule has 1 aliphatic carbocycles. The summed E-state index contributed by atoms with van der Waals surface area (Å²) in [5.74, 6) is 0.606. The van der Waals surface area contributed by atoms with Crippen molar-refractivity contribution < 1.29 is 9.53 Å². The Hall–Kier alpha value is -1.77. The molecule has 0 atom stereocenters. The van der Waals surface area contributed by atoms with Gasteiger partial charge in [-0.25, -0.2) is 0 Å². The number of benzene rings is 1. The molecule has 1 aromatic carbocycles. The summed E-state index contributed by atoms with van der Waals surface area (Å²) in [4.78, 5) is 12.2. The Labute approximate surface area is 121 Å². The van der Waals surface area contributed by atoms with Gasteiger partial charge in [-0.05, 0) is 51.2 Å². The van der Waals surface area contributed by atoms with E-state index in [0.717, 1.165) is 6.42 Å². The fourth-order valence-electron chi connectivity index (χ4n) is 2.50. The molecule has 0 radical (unpaired) electrons. The van der Waals surface area contributed by atoms with Crippen LogP contribution in [0.3, 0.4) is 0 Å². The Morgan fingerprint density at radius 2 is 2.15 bits per heavy atom. The highest BCUT2D eigenvalue weighted by molar-refractivity contribution is 5.96. The van der Waals surface area contributed by atoms with E-state index in [4.69, 9.17) is 4.74 Å². The first-order valence-electron chi connectivity index (χ1n) is 7.49. The van der Waals surface area contributed by atoms with Crippen LogP contribution in [0.1, 0.15) is 49.4 Å². The van der Waals surface area contributed by atoms with Gasteiger partial charge < -0.3 is 10.1 Å². The summed E-state index contributed by atoms with van der Waals surface area (Å²) in [6, 6.07) is 7.39. The highest BCUT2D eigenvalue weighted by Crippen LogP contribution is 2.20. The van der Waals surface area contributed by atoms with Gasteiger partial charge in [-0.2, -0.15) is 0 Å². The van der Waals surface area contributed by atoms with Gasteiger partial charge >= 0.3 is 0 Å². The van der Waals surface area contributed by atoms with E-state index in [1.807, 2.05) is 25.1 Å². The zero-order valence-corrected chi connectivity index (χ0v) is 12.2. The monoisotopic (exact) mass is 273 g/mol. The Bertz CT molecular complexity index is 480. The third-order valence-corrected chi connectivity index (χ3v) is 3.55. The predicted octanol–water partition coefficient (Wildman–Crippen LogP) is 3.71. The van der Waals surface area contributed by atoms with E-state index in [1.54, 1.807) is 6.07 Å². The molecule has 0 spiro atoms. The first-order valence-corrected chi connectivity index (χ1v) is 7.49. The second-order valence-corrected chi connectivity index (χ2v) is 5.04. The summed E-state index contributed by atoms with van der Waals surface area (Å²) in [6.07, 6.45) is 8.25. The van der Waals surface area contributed by atoms with Gasteiger partial charge in [-0.3, -0.25) is 4.79 Å². The van der Waals surface area contributed by atoms with Crippen molar-refractivity contribution >= 4 is 5.91 Å². The van der Waals surface area contributed by atoms with Gasteiger partial charge in [0.25, 0.3) is 5.91 Å². The van der Waals surface area contributed by atoms with Crippen molar-refractivity contribution in [2.75, 3.05) is 13.2 Å². The SMILES string of the molecule is CCOc1ccccc1C(=O)NCCC1=CCCCC1. The summed E-state index contributed by atoms with van der Waals surface area (Å²) < 4.78 is 5.48. The number of carbonyl (C=O) groups excluding carboxylic acids is 1. The number of hydrogen-bond acceptors (Lipinski definition) is 2. The lowest BCUT2D eigenvalue weighted by molar-refractivity contribution is 0.0950. The Morgan fingerprint density at radius 1 is 1.30 bits per heavy atom. The topological polar surface area (TPSA) is 38.3 Å². The molecule has 0 bridgehead atoms. The molecule has 0 fully saturated rings. The van der Waals surface area contributed by atoms with Gasteiger partial charge in [0.05, 0.1) is 12.2 Å². The van der Waals surface area contributed by atoms with E-state index in [0.29, 0.717) is 24.5 Å². The normalized spacial score (nSPS) is 14.6. The van der Waals surface area contributed by atoms with Gasteiger partial charge in [0, 0.05) is 6.54 Å². The fraction of sp³-hybridized carbons (Fsp3) is 0.471. The lowest BCUT2D eigenvalue weighted by Gasteiger charge is -2.14. The smallest absolute Gasteiger partial charge is 0.255 e. The van der Waals surface area contributed by atoms with E-state index in [-0.39, 0.29) is 5.91 Å². The molecule has 1 aliphatic rings. The number of carbonyl (C=O) groups is 1. The maximum absolute atomic E-state index is 12.2. The van der Waals surface area contributed by atoms with Crippen LogP contribution in [0, 0.1) is 0 Å². The minimum atomic E-state index is -0.0505. The number of hydrogen-bond donors (Lipinski definition) is 1. The number of para-hydroxylation sites is 1. The molecule has 1 aromatic rings. The number of ether oxygens (including phenoxy) is 1. The third-order valence-electron chi connectivity index (χ3n) is 3.55. The fourth-order valence-corrected chi connectivity index (χ4v) is 2.50. The zero-order chi connectivity index (χ0) is 14.2. The average Bonchev–Trinajstić information content (AvgIpc) is 2.49. The number of allylic oxidation sites excluding steroid dienone is 1. The third kappa shape index (κ3) is 4.12. The summed E-state index contributed by atoms with van der Waals surface area (Å²) in [5, 5.41) is 2.99. The molecule has 3 heteroatoms. The van der Waals surface area contributed by atoms with E-state index in [1.165, 1.54) is 31.3 Å². The molecule has 0 heterocycles. The van der Waals surface area contributed by atoms with Crippen LogP contribution in [0.4, 0.5) is 0 Å². The summed E-state index contributed by atoms with van der Waals surface area (Å²) >= 11 is 0. The van der Waals surface area contributed by atoms with Crippen molar-refractivity contribution in [3.05, 3.63) is 41.5 Å². The van der Waals surface area contributed by atoms with Crippen LogP contribution >= 0.6 is 0 Å². The van der Waals surface area contributed by atoms with E-state index < -0.39 is 0 Å². The highest BCUT2D eigenvalue weighted by atomic mass is 16.5. The summed E-state index contributed by atoms with van der Waals surface area (Å²) in [7, 11) is 0. The minimum absolute atomic E-state index is 0.0505. The van der Waals surface area contributed by atoms with Crippen LogP contribution in [0.2, 0.25) is 0 Å². The molecule has 0 aromatic heterocycles. The molecule has 0 aliphatic heterocycles. The van der Waals surface area contributed by atoms with Crippen LogP contribution in [0.25, 0.3) is 0 Å². The standard InChI is InChI=1S/C17H23NO2/c1-2-20-16-11-7-6-10-15(16)17(19)18-13-12-14-8-4-3-5-9-14/h6-8,10-11H,2-5,9,12-13H2,1H3,(H,18,19). The first kappa shape index (κ1) is 14.6. The highest BCUT2D eigenvalue weighted by Gasteiger charge is 2.11. The van der Waals surface area contributed by atoms with Gasteiger partial charge in [0.1, 0.15) is 5.75 Å². The van der Waals surface area contributed by atoms with Crippen molar-refractivity contribution in [1.29, 1.82) is 0 Å². The molecule has 2 rings (SSSR count). The van der Waals surface area contributed by atoms with Crippen molar-refractivity contribution in [2.45, 2.75) is 39.0 Å². The van der Waals surface area contributed by atoms with Crippen LogP contribution < -0.4 is 10.1 Å². The van der Waals surface area contributed by atoms with Crippen molar-refractivity contribution in [3.8, 4) is 5.75 Å². The predicted molar refractivity (Wildman–Crippen MR) is 81.1 cm³/mol. The maximum atomic E-state index is 12.2. The molecule has 0 saturated carbocycles. The van der Waals surface area contributed by atoms with Gasteiger partial charge in [-0.1, -0.05) is 23.8 Å². The molecule has 0 unspecified atom stereocenters. The summed E-state index contributed by atoms with van der Waals surface area (Å²) in [5.41, 5.74) is 2.10. The number of amides is 1. The van der Waals surface area contributed by atoms with E-state index >= 15 is 0 Å². The first-order chi connectivity index (χ1) is 9.81. The van der Waals surface area contributed by atoms with Gasteiger partial charge in [0.2, 0.25) is 0 Å². The van der Waals surface area contributed by atoms with Crippen LogP contribution in [-0.2, 0) is 0 Å². The molecular formula is C17H23NO2. The van der Waals surface area contributed by atoms with E-state index in [2.05, 4.69) is 11.4 Å². The number of rotatable bonds is 6. The van der Waals surface area contributed by atoms with E-state index in [9.17, 15) is 4.79 Å². The van der Waals surface area contributed by atoms with Gasteiger partial charge in [0.15, 0.2) is 0 Å². The minimum Gasteiger partial charge on any atom is -0.493 e. The van der Waals surface area contributed by atoms with Crippen molar-refractivity contribution in [3.63, 3.8) is 0 Å². The van der Waals surface area contributed by atoms with Crippen LogP contribution in [-0.4, -0.2) is 19.1 Å². The molecular weight excluding hydrogens is 250 g/mol. The molecule has 3 nitrogen and oxygen atoms in total. The van der Waals surface area contributed by atoms with Crippen molar-refractivity contribution in [1.82, 2.24) is 5.32 Å². The quantitative estimate of drug-likeness (QED) is 0.802. The number of nitrogens with one attached hydrogen (secondary N) is 1. The second kappa shape index (κ2) is 7.73. The molecule has 20 heavy (non-hydrogen) atoms. The van der Waals surface area contributed by atoms with Gasteiger partial charge in [-0.15, -0.1) is 0 Å². The lowest BCUT2D eigenvalue weighted by Crippen LogP contribution is -2.25. The Balaban J connectivity index is 1.86. The molecule has 1 amide bonds. The molecule has 0 saturated heterocycles. The second-order valence-electron chi connectivity index (χ2n) is 5.04. The van der Waals surface area contributed by atoms with Crippen molar-refractivity contribution in [2.24, 2.45) is 0 Å². The molecule has 108 valence electrons. The zero-order valence-electron chi connectivity index (χ0n) is 12.2. The average molecular weight is 273 g/mol. The maximum Gasteiger partial charge on any atom is 0.255 e. The van der Waals surface area contributed by atoms with Crippen LogP contribution in [0.15, 0.2) is 35.9 Å². The summed E-state index contributed by atoms with van der Waals surface area (Å²) in [6.45, 7) is 3.19. The molecule has 1 N–H and O–H groups in total. The lowest BCUT2D eigenvalue weighted by atomic mass is 9.97. The van der Waals surface area contributed by atoms with Crippen LogP contribution in [0.5, 0.6) is 5.75 Å².